The van der Waals surface area contributed by atoms with Gasteiger partial charge in [0.25, 0.3) is 0 Å². The molecule has 2 aromatic heterocycles. The number of hydrogen-bond donors (Lipinski definition) is 2. The van der Waals surface area contributed by atoms with Crippen molar-refractivity contribution in [2.24, 2.45) is 7.05 Å². The Balaban J connectivity index is 1.66. The van der Waals surface area contributed by atoms with Crippen LogP contribution in [0.25, 0.3) is 0 Å². The van der Waals surface area contributed by atoms with Crippen molar-refractivity contribution in [1.82, 2.24) is 19.7 Å². The summed E-state index contributed by atoms with van der Waals surface area (Å²) in [7, 11) is 1.75. The third-order valence-electron chi connectivity index (χ3n) is 4.94. The summed E-state index contributed by atoms with van der Waals surface area (Å²) in [5, 5.41) is 9.68. The molecule has 37 heavy (non-hydrogen) atoms. The highest BCUT2D eigenvalue weighted by Crippen LogP contribution is 2.28. The van der Waals surface area contributed by atoms with Gasteiger partial charge in [-0.15, -0.1) is 0 Å². The fourth-order valence-corrected chi connectivity index (χ4v) is 3.24. The molecule has 0 fully saturated rings. The highest BCUT2D eigenvalue weighted by atomic mass is 19.1. The lowest BCUT2D eigenvalue weighted by molar-refractivity contribution is -0.111. The normalized spacial score (nSPS) is 10.5. The number of halogens is 2. The van der Waals surface area contributed by atoms with Crippen molar-refractivity contribution in [3.63, 3.8) is 0 Å². The number of aromatic nitrogens is 4. The fraction of sp³-hybridized carbons (Fsp3) is 0.0800. The van der Waals surface area contributed by atoms with E-state index in [1.165, 1.54) is 24.4 Å². The predicted octanol–water partition coefficient (Wildman–Crippen LogP) is 4.83. The van der Waals surface area contributed by atoms with Crippen LogP contribution >= 0.6 is 0 Å². The number of anilines is 5. The van der Waals surface area contributed by atoms with Crippen molar-refractivity contribution in [1.29, 1.82) is 0 Å². The van der Waals surface area contributed by atoms with Gasteiger partial charge in [-0.3, -0.25) is 9.48 Å². The Labute approximate surface area is 210 Å². The van der Waals surface area contributed by atoms with Crippen molar-refractivity contribution in [2.75, 3.05) is 15.5 Å². The van der Waals surface area contributed by atoms with E-state index in [1.807, 2.05) is 0 Å². The number of hydrogen-bond acceptors (Lipinski definition) is 7. The first kappa shape index (κ1) is 25.0. The van der Waals surface area contributed by atoms with Gasteiger partial charge < -0.3 is 15.4 Å². The molecule has 10 nitrogen and oxygen atoms in total. The second-order valence-electron chi connectivity index (χ2n) is 7.64. The molecule has 188 valence electrons. The quantitative estimate of drug-likeness (QED) is 0.330. The van der Waals surface area contributed by atoms with E-state index in [0.29, 0.717) is 17.4 Å². The molecule has 2 heterocycles. The van der Waals surface area contributed by atoms with Crippen LogP contribution in [0.3, 0.4) is 0 Å². The smallest absolute Gasteiger partial charge is 0.420 e. The Hall–Kier alpha value is -5.13. The van der Waals surface area contributed by atoms with Gasteiger partial charge >= 0.3 is 6.09 Å². The molecule has 12 heteroatoms. The highest BCUT2D eigenvalue weighted by molar-refractivity contribution is 6.00. The van der Waals surface area contributed by atoms with E-state index in [9.17, 15) is 18.4 Å². The van der Waals surface area contributed by atoms with Gasteiger partial charge in [-0.2, -0.15) is 10.1 Å². The number of aryl methyl sites for hydroxylation is 1. The summed E-state index contributed by atoms with van der Waals surface area (Å²) in [6.45, 7) is 2.96. The first-order chi connectivity index (χ1) is 17.8. The average molecular weight is 505 g/mol. The fourth-order valence-electron chi connectivity index (χ4n) is 3.24. The number of nitrogens with one attached hydrogen (secondary N) is 2. The summed E-state index contributed by atoms with van der Waals surface area (Å²) < 4.78 is 34.3. The minimum Gasteiger partial charge on any atom is -0.444 e. The van der Waals surface area contributed by atoms with E-state index in [0.717, 1.165) is 17.0 Å². The first-order valence-corrected chi connectivity index (χ1v) is 10.9. The summed E-state index contributed by atoms with van der Waals surface area (Å²) in [6, 6.07) is 10.8. The monoisotopic (exact) mass is 505 g/mol. The third kappa shape index (κ3) is 6.31. The van der Waals surface area contributed by atoms with Crippen molar-refractivity contribution in [3.8, 4) is 0 Å². The zero-order valence-electron chi connectivity index (χ0n) is 19.6. The summed E-state index contributed by atoms with van der Waals surface area (Å²) in [5.74, 6) is -1.74. The van der Waals surface area contributed by atoms with Gasteiger partial charge in [-0.1, -0.05) is 12.6 Å². The standard InChI is InChI=1S/C25H21F2N7O3/c1-3-23(35)30-18-5-4-6-20(12-18)34(25(36)37-15-16-7-8-17(26)11-21(16)27)22-9-10-28-24(32-22)31-19-13-29-33(2)14-19/h3-14H,1,15H2,2H3,(H,30,35)(H,28,31,32). The SMILES string of the molecule is C=CC(=O)Nc1cccc(N(C(=O)OCc2ccc(F)cc2F)c2ccnc(Nc3cnn(C)c3)n2)c1. The summed E-state index contributed by atoms with van der Waals surface area (Å²) >= 11 is 0. The van der Waals surface area contributed by atoms with E-state index in [-0.39, 0.29) is 23.0 Å². The maximum atomic E-state index is 14.1. The molecule has 0 saturated heterocycles. The minimum absolute atomic E-state index is 0.0108. The molecule has 4 aromatic rings. The van der Waals surface area contributed by atoms with Gasteiger partial charge in [0.05, 0.1) is 17.6 Å². The predicted molar refractivity (Wildman–Crippen MR) is 132 cm³/mol. The molecule has 0 spiro atoms. The molecule has 0 aliphatic heterocycles. The van der Waals surface area contributed by atoms with Crippen molar-refractivity contribution in [2.45, 2.75) is 6.61 Å². The molecule has 0 aliphatic carbocycles. The molecule has 2 amide bonds. The second kappa shape index (κ2) is 11.1. The largest absolute Gasteiger partial charge is 0.444 e. The lowest BCUT2D eigenvalue weighted by Crippen LogP contribution is -2.28. The molecule has 2 aromatic carbocycles. The van der Waals surface area contributed by atoms with E-state index in [1.54, 1.807) is 42.3 Å². The second-order valence-corrected chi connectivity index (χ2v) is 7.64. The Morgan fingerprint density at radius 2 is 2.00 bits per heavy atom. The lowest BCUT2D eigenvalue weighted by Gasteiger charge is -2.22. The van der Waals surface area contributed by atoms with E-state index in [2.05, 4.69) is 32.3 Å². The number of benzene rings is 2. The number of nitrogens with zero attached hydrogens (tertiary/aromatic N) is 5. The van der Waals surface area contributed by atoms with Gasteiger partial charge in [0.15, 0.2) is 0 Å². The van der Waals surface area contributed by atoms with E-state index in [4.69, 9.17) is 4.74 Å². The highest BCUT2D eigenvalue weighted by Gasteiger charge is 2.23. The van der Waals surface area contributed by atoms with Gasteiger partial charge in [0.1, 0.15) is 24.1 Å². The van der Waals surface area contributed by atoms with Gasteiger partial charge in [0, 0.05) is 42.8 Å². The van der Waals surface area contributed by atoms with Crippen LogP contribution in [0.2, 0.25) is 0 Å². The summed E-state index contributed by atoms with van der Waals surface area (Å²) in [5.41, 5.74) is 1.28. The Kier molecular flexibility index (Phi) is 7.48. The zero-order valence-corrected chi connectivity index (χ0v) is 19.6. The maximum absolute atomic E-state index is 14.1. The van der Waals surface area contributed by atoms with E-state index < -0.39 is 30.2 Å². The molecule has 0 bridgehead atoms. The Morgan fingerprint density at radius 3 is 2.73 bits per heavy atom. The van der Waals surface area contributed by atoms with Gasteiger partial charge in [-0.05, 0) is 36.4 Å². The average Bonchev–Trinajstić information content (AvgIpc) is 3.28. The molecule has 0 aliphatic rings. The van der Waals surface area contributed by atoms with Crippen LogP contribution in [-0.2, 0) is 23.2 Å². The van der Waals surface area contributed by atoms with Crippen LogP contribution in [0.1, 0.15) is 5.56 Å². The molecule has 0 atom stereocenters. The van der Waals surface area contributed by atoms with Crippen molar-refractivity contribution in [3.05, 3.63) is 97.0 Å². The van der Waals surface area contributed by atoms with Crippen LogP contribution in [0.15, 0.2) is 79.8 Å². The first-order valence-electron chi connectivity index (χ1n) is 10.9. The molecule has 0 unspecified atom stereocenters. The number of carbonyl (C=O) groups excluding carboxylic acids is 2. The van der Waals surface area contributed by atoms with E-state index >= 15 is 0 Å². The van der Waals surface area contributed by atoms with Crippen LogP contribution in [0.5, 0.6) is 0 Å². The van der Waals surface area contributed by atoms with Crippen LogP contribution in [-0.4, -0.2) is 31.7 Å². The summed E-state index contributed by atoms with van der Waals surface area (Å²) in [4.78, 5) is 34.7. The molecule has 0 radical (unpaired) electrons. The van der Waals surface area contributed by atoms with Crippen molar-refractivity contribution >= 4 is 40.8 Å². The Morgan fingerprint density at radius 1 is 1.16 bits per heavy atom. The minimum atomic E-state index is -0.901. The number of rotatable bonds is 8. The number of ether oxygens (including phenoxy) is 1. The van der Waals surface area contributed by atoms with Gasteiger partial charge in [-0.25, -0.2) is 23.5 Å². The molecule has 2 N–H and O–H groups in total. The third-order valence-corrected chi connectivity index (χ3v) is 4.94. The molecule has 0 saturated carbocycles. The number of carbonyl (C=O) groups is 2. The van der Waals surface area contributed by atoms with Crippen LogP contribution in [0, 0.1) is 11.6 Å². The molecular formula is C25H21F2N7O3. The van der Waals surface area contributed by atoms with Crippen molar-refractivity contribution < 1.29 is 23.1 Å². The van der Waals surface area contributed by atoms with Crippen LogP contribution in [0.4, 0.5) is 42.4 Å². The zero-order chi connectivity index (χ0) is 26.4. The molecular weight excluding hydrogens is 484 g/mol. The molecule has 4 rings (SSSR count). The number of amides is 2. The Bertz CT molecular complexity index is 1460. The lowest BCUT2D eigenvalue weighted by atomic mass is 10.2. The summed E-state index contributed by atoms with van der Waals surface area (Å²) in [6.07, 6.45) is 4.93. The van der Waals surface area contributed by atoms with Crippen LogP contribution < -0.4 is 15.5 Å². The topological polar surface area (TPSA) is 114 Å². The van der Waals surface area contributed by atoms with Gasteiger partial charge in [0.2, 0.25) is 11.9 Å². The maximum Gasteiger partial charge on any atom is 0.420 e.